The van der Waals surface area contributed by atoms with Gasteiger partial charge in [0.25, 0.3) is 0 Å². The Bertz CT molecular complexity index is 492. The van der Waals surface area contributed by atoms with Gasteiger partial charge in [-0.3, -0.25) is 0 Å². The van der Waals surface area contributed by atoms with Crippen LogP contribution in [0, 0.1) is 6.92 Å². The number of rotatable bonds is 5. The van der Waals surface area contributed by atoms with Crippen molar-refractivity contribution in [2.75, 3.05) is 6.54 Å². The number of hydrogen-bond donors (Lipinski definition) is 2. The van der Waals surface area contributed by atoms with Crippen LogP contribution in [0.25, 0.3) is 5.65 Å². The van der Waals surface area contributed by atoms with E-state index in [1.54, 1.807) is 11.4 Å². The topological polar surface area (TPSA) is 62.5 Å². The summed E-state index contributed by atoms with van der Waals surface area (Å²) in [6.45, 7) is 5.29. The van der Waals surface area contributed by atoms with Crippen molar-refractivity contribution in [2.45, 2.75) is 32.9 Å². The number of nitrogens with zero attached hydrogens (tertiary/aromatic N) is 3. The highest BCUT2D eigenvalue weighted by Gasteiger charge is 2.01. The van der Waals surface area contributed by atoms with E-state index in [9.17, 15) is 0 Å². The number of aliphatic hydroxyl groups excluding tert-OH is 1. The zero-order chi connectivity index (χ0) is 12.3. The molecule has 0 amide bonds. The Kier molecular flexibility index (Phi) is 3.71. The predicted molar refractivity (Wildman–Crippen MR) is 65.7 cm³/mol. The average molecular weight is 234 g/mol. The molecule has 1 unspecified atom stereocenters. The Morgan fingerprint density at radius 3 is 3.12 bits per heavy atom. The minimum atomic E-state index is -0.253. The minimum Gasteiger partial charge on any atom is -0.393 e. The molecular weight excluding hydrogens is 216 g/mol. The van der Waals surface area contributed by atoms with E-state index in [0.717, 1.165) is 36.4 Å². The molecule has 5 nitrogen and oxygen atoms in total. The lowest BCUT2D eigenvalue weighted by Gasteiger charge is -2.06. The van der Waals surface area contributed by atoms with E-state index in [1.807, 2.05) is 25.4 Å². The lowest BCUT2D eigenvalue weighted by atomic mass is 10.3. The molecule has 0 saturated heterocycles. The van der Waals surface area contributed by atoms with Gasteiger partial charge in [0.1, 0.15) is 0 Å². The molecule has 0 aliphatic carbocycles. The van der Waals surface area contributed by atoms with Crippen molar-refractivity contribution in [3.63, 3.8) is 0 Å². The fraction of sp³-hybridized carbons (Fsp3) is 0.500. The fourth-order valence-electron chi connectivity index (χ4n) is 1.67. The maximum atomic E-state index is 9.13. The van der Waals surface area contributed by atoms with E-state index in [-0.39, 0.29) is 6.10 Å². The number of aryl methyl sites for hydroxylation is 1. The summed E-state index contributed by atoms with van der Waals surface area (Å²) in [5.41, 5.74) is 2.93. The second kappa shape index (κ2) is 5.25. The van der Waals surface area contributed by atoms with Gasteiger partial charge in [-0.1, -0.05) is 0 Å². The van der Waals surface area contributed by atoms with Gasteiger partial charge < -0.3 is 10.4 Å². The van der Waals surface area contributed by atoms with Crippen molar-refractivity contribution in [3.05, 3.63) is 29.7 Å². The lowest BCUT2D eigenvalue weighted by molar-refractivity contribution is 0.183. The molecule has 5 heteroatoms. The summed E-state index contributed by atoms with van der Waals surface area (Å²) in [5, 5.41) is 16.7. The highest BCUT2D eigenvalue weighted by atomic mass is 16.3. The Labute approximate surface area is 100 Å². The van der Waals surface area contributed by atoms with Crippen LogP contribution in [0.3, 0.4) is 0 Å². The summed E-state index contributed by atoms with van der Waals surface area (Å²) in [6, 6.07) is 1.95. The average Bonchev–Trinajstić information content (AvgIpc) is 2.63. The molecule has 2 aromatic heterocycles. The molecule has 0 radical (unpaired) electrons. The molecule has 92 valence electrons. The zero-order valence-corrected chi connectivity index (χ0v) is 10.2. The summed E-state index contributed by atoms with van der Waals surface area (Å²) < 4.78 is 1.79. The number of aromatic nitrogens is 3. The zero-order valence-electron chi connectivity index (χ0n) is 10.2. The third-order valence-electron chi connectivity index (χ3n) is 2.56. The van der Waals surface area contributed by atoms with Crippen LogP contribution in [0.1, 0.15) is 24.6 Å². The molecule has 2 N–H and O–H groups in total. The first kappa shape index (κ1) is 12.0. The van der Waals surface area contributed by atoms with E-state index in [1.165, 1.54) is 0 Å². The normalized spacial score (nSPS) is 13.1. The van der Waals surface area contributed by atoms with Gasteiger partial charge in [-0.2, -0.15) is 5.10 Å². The Hall–Kier alpha value is -1.46. The molecule has 0 aliphatic rings. The summed E-state index contributed by atoms with van der Waals surface area (Å²) in [6.07, 6.45) is 4.34. The molecule has 2 rings (SSSR count). The van der Waals surface area contributed by atoms with Gasteiger partial charge in [-0.05, 0) is 26.8 Å². The van der Waals surface area contributed by atoms with E-state index >= 15 is 0 Å². The Morgan fingerprint density at radius 2 is 2.35 bits per heavy atom. The standard InChI is InChI=1S/C12H18N4O/c1-9-5-12-14-7-11(8-16(12)15-9)6-13-4-3-10(2)17/h5,7-8,10,13,17H,3-4,6H2,1-2H3. The quantitative estimate of drug-likeness (QED) is 0.754. The van der Waals surface area contributed by atoms with Crippen LogP contribution in [0.15, 0.2) is 18.5 Å². The molecule has 0 fully saturated rings. The van der Waals surface area contributed by atoms with Crippen LogP contribution in [0.4, 0.5) is 0 Å². The largest absolute Gasteiger partial charge is 0.393 e. The van der Waals surface area contributed by atoms with Crippen molar-refractivity contribution in [2.24, 2.45) is 0 Å². The number of hydrogen-bond acceptors (Lipinski definition) is 4. The highest BCUT2D eigenvalue weighted by molar-refractivity contribution is 5.38. The molecule has 1 atom stereocenters. The summed E-state index contributed by atoms with van der Waals surface area (Å²) in [5.74, 6) is 0. The molecule has 0 bridgehead atoms. The highest BCUT2D eigenvalue weighted by Crippen LogP contribution is 2.04. The molecule has 0 aliphatic heterocycles. The SMILES string of the molecule is Cc1cc2ncc(CNCCC(C)O)cn2n1. The second-order valence-electron chi connectivity index (χ2n) is 4.37. The maximum Gasteiger partial charge on any atom is 0.155 e. The molecule has 0 spiro atoms. The first-order valence-corrected chi connectivity index (χ1v) is 5.85. The number of aliphatic hydroxyl groups is 1. The number of fused-ring (bicyclic) bond motifs is 1. The molecular formula is C12H18N4O. The van der Waals surface area contributed by atoms with Crippen LogP contribution >= 0.6 is 0 Å². The van der Waals surface area contributed by atoms with E-state index < -0.39 is 0 Å². The third kappa shape index (κ3) is 3.25. The molecule has 2 heterocycles. The monoisotopic (exact) mass is 234 g/mol. The Balaban J connectivity index is 1.94. The molecule has 2 aromatic rings. The Morgan fingerprint density at radius 1 is 1.53 bits per heavy atom. The second-order valence-corrected chi connectivity index (χ2v) is 4.37. The van der Waals surface area contributed by atoms with Crippen LogP contribution in [-0.2, 0) is 6.54 Å². The van der Waals surface area contributed by atoms with Crippen LogP contribution in [0.5, 0.6) is 0 Å². The first-order valence-electron chi connectivity index (χ1n) is 5.85. The summed E-state index contributed by atoms with van der Waals surface area (Å²) >= 11 is 0. The van der Waals surface area contributed by atoms with Crippen molar-refractivity contribution < 1.29 is 5.11 Å². The molecule has 17 heavy (non-hydrogen) atoms. The van der Waals surface area contributed by atoms with Gasteiger partial charge >= 0.3 is 0 Å². The van der Waals surface area contributed by atoms with Gasteiger partial charge in [0.2, 0.25) is 0 Å². The minimum absolute atomic E-state index is 0.253. The van der Waals surface area contributed by atoms with E-state index in [4.69, 9.17) is 5.11 Å². The number of nitrogens with one attached hydrogen (secondary N) is 1. The van der Waals surface area contributed by atoms with Crippen LogP contribution < -0.4 is 5.32 Å². The fourth-order valence-corrected chi connectivity index (χ4v) is 1.67. The molecule has 0 saturated carbocycles. The predicted octanol–water partition coefficient (Wildman–Crippen LogP) is 0.898. The van der Waals surface area contributed by atoms with Crippen molar-refractivity contribution in [1.29, 1.82) is 0 Å². The smallest absolute Gasteiger partial charge is 0.155 e. The van der Waals surface area contributed by atoms with Crippen molar-refractivity contribution >= 4 is 5.65 Å². The summed E-state index contributed by atoms with van der Waals surface area (Å²) in [4.78, 5) is 4.33. The van der Waals surface area contributed by atoms with E-state index in [0.29, 0.717) is 0 Å². The lowest BCUT2D eigenvalue weighted by Crippen LogP contribution is -2.19. The maximum absolute atomic E-state index is 9.13. The van der Waals surface area contributed by atoms with Gasteiger partial charge in [-0.25, -0.2) is 9.50 Å². The van der Waals surface area contributed by atoms with Crippen molar-refractivity contribution in [3.8, 4) is 0 Å². The van der Waals surface area contributed by atoms with Gasteiger partial charge in [0, 0.05) is 30.6 Å². The van der Waals surface area contributed by atoms with Gasteiger partial charge in [0.15, 0.2) is 5.65 Å². The van der Waals surface area contributed by atoms with Gasteiger partial charge in [0.05, 0.1) is 11.8 Å². The van der Waals surface area contributed by atoms with E-state index in [2.05, 4.69) is 15.4 Å². The van der Waals surface area contributed by atoms with Crippen LogP contribution in [-0.4, -0.2) is 32.4 Å². The summed E-state index contributed by atoms with van der Waals surface area (Å²) in [7, 11) is 0. The van der Waals surface area contributed by atoms with Gasteiger partial charge in [-0.15, -0.1) is 0 Å². The molecule has 0 aromatic carbocycles. The van der Waals surface area contributed by atoms with Crippen LogP contribution in [0.2, 0.25) is 0 Å². The third-order valence-corrected chi connectivity index (χ3v) is 2.56. The van der Waals surface area contributed by atoms with Crippen molar-refractivity contribution in [1.82, 2.24) is 19.9 Å². The first-order chi connectivity index (χ1) is 8.15.